The van der Waals surface area contributed by atoms with Crippen LogP contribution in [0.25, 0.3) is 0 Å². The minimum atomic E-state index is -0.352. The number of halogens is 1. The van der Waals surface area contributed by atoms with Crippen LogP contribution in [0, 0.1) is 5.82 Å². The van der Waals surface area contributed by atoms with E-state index in [9.17, 15) is 9.18 Å². The Balaban J connectivity index is 1.30. The molecule has 1 saturated heterocycles. The van der Waals surface area contributed by atoms with Gasteiger partial charge >= 0.3 is 0 Å². The van der Waals surface area contributed by atoms with E-state index >= 15 is 0 Å². The molecule has 3 aromatic rings. The lowest BCUT2D eigenvalue weighted by Gasteiger charge is -2.34. The van der Waals surface area contributed by atoms with E-state index < -0.39 is 0 Å². The van der Waals surface area contributed by atoms with Crippen LogP contribution in [0.15, 0.2) is 42.7 Å². The third-order valence-corrected chi connectivity index (χ3v) is 5.24. The zero-order valence-corrected chi connectivity index (χ0v) is 15.8. The van der Waals surface area contributed by atoms with Crippen LogP contribution < -0.4 is 10.2 Å². The Labute approximate surface area is 165 Å². The van der Waals surface area contributed by atoms with Crippen molar-refractivity contribution in [1.29, 1.82) is 0 Å². The molecule has 1 fully saturated rings. The summed E-state index contributed by atoms with van der Waals surface area (Å²) in [5.74, 6) is 0.0503. The van der Waals surface area contributed by atoms with Crippen LogP contribution in [0.3, 0.4) is 0 Å². The van der Waals surface area contributed by atoms with Crippen LogP contribution in [0.4, 0.5) is 16.0 Å². The van der Waals surface area contributed by atoms with Crippen molar-refractivity contribution in [2.24, 2.45) is 0 Å². The first kappa shape index (κ1) is 18.4. The van der Waals surface area contributed by atoms with Crippen LogP contribution in [-0.2, 0) is 6.54 Å². The van der Waals surface area contributed by atoms with Crippen molar-refractivity contribution < 1.29 is 9.18 Å². The Morgan fingerprint density at radius 3 is 2.50 bits per heavy atom. The summed E-state index contributed by atoms with van der Waals surface area (Å²) in [5, 5.41) is 11.9. The number of carbonyl (C=O) groups is 1. The molecule has 144 valence electrons. The average molecular weight is 399 g/mol. The second-order valence-corrected chi connectivity index (χ2v) is 7.34. The van der Waals surface area contributed by atoms with E-state index in [0.29, 0.717) is 12.2 Å². The molecule has 1 aliphatic rings. The van der Waals surface area contributed by atoms with E-state index in [0.717, 1.165) is 37.1 Å². The topological polar surface area (TPSA) is 87.1 Å². The van der Waals surface area contributed by atoms with E-state index in [1.807, 2.05) is 0 Å². The molecule has 3 heterocycles. The number of aromatic nitrogens is 4. The number of carbonyl (C=O) groups excluding carboxylic acids is 1. The van der Waals surface area contributed by atoms with Crippen molar-refractivity contribution in [3.8, 4) is 0 Å². The summed E-state index contributed by atoms with van der Waals surface area (Å²) >= 11 is 1.27. The van der Waals surface area contributed by atoms with E-state index in [1.54, 1.807) is 18.5 Å². The molecule has 0 bridgehead atoms. The van der Waals surface area contributed by atoms with Crippen LogP contribution in [0.1, 0.15) is 14.8 Å². The number of rotatable bonds is 5. The summed E-state index contributed by atoms with van der Waals surface area (Å²) in [6.45, 7) is 4.02. The van der Waals surface area contributed by atoms with Gasteiger partial charge < -0.3 is 10.2 Å². The van der Waals surface area contributed by atoms with Crippen molar-refractivity contribution in [3.63, 3.8) is 0 Å². The van der Waals surface area contributed by atoms with Crippen molar-refractivity contribution >= 4 is 28.9 Å². The third-order valence-electron chi connectivity index (χ3n) is 4.33. The lowest BCUT2D eigenvalue weighted by atomic mass is 10.3. The lowest BCUT2D eigenvalue weighted by molar-refractivity contribution is 0.102. The predicted molar refractivity (Wildman–Crippen MR) is 104 cm³/mol. The Bertz CT molecular complexity index is 927. The Morgan fingerprint density at radius 1 is 1.07 bits per heavy atom. The van der Waals surface area contributed by atoms with E-state index in [2.05, 4.69) is 35.3 Å². The fourth-order valence-corrected chi connectivity index (χ4v) is 3.66. The van der Waals surface area contributed by atoms with Gasteiger partial charge in [0.1, 0.15) is 10.8 Å². The fourth-order valence-electron chi connectivity index (χ4n) is 2.88. The van der Waals surface area contributed by atoms with Crippen molar-refractivity contribution in [2.75, 3.05) is 36.4 Å². The maximum atomic E-state index is 12.9. The maximum absolute atomic E-state index is 12.9. The van der Waals surface area contributed by atoms with Gasteiger partial charge in [0, 0.05) is 44.3 Å². The highest BCUT2D eigenvalue weighted by molar-refractivity contribution is 7.13. The quantitative estimate of drug-likeness (QED) is 0.702. The van der Waals surface area contributed by atoms with Gasteiger partial charge in [0.15, 0.2) is 0 Å². The molecule has 0 atom stereocenters. The number of piperazine rings is 1. The van der Waals surface area contributed by atoms with Gasteiger partial charge in [-0.15, -0.1) is 10.2 Å². The van der Waals surface area contributed by atoms with Gasteiger partial charge in [-0.2, -0.15) is 0 Å². The number of nitrogens with one attached hydrogen (secondary N) is 1. The number of hydrogen-bond donors (Lipinski definition) is 1. The van der Waals surface area contributed by atoms with Crippen molar-refractivity contribution in [3.05, 3.63) is 58.6 Å². The zero-order chi connectivity index (χ0) is 19.3. The molecule has 1 aliphatic heterocycles. The summed E-state index contributed by atoms with van der Waals surface area (Å²) in [5.41, 5.74) is 0.516. The largest absolute Gasteiger partial charge is 0.338 e. The molecular formula is C18H18FN7OS. The number of nitrogens with zero attached hydrogens (tertiary/aromatic N) is 6. The lowest BCUT2D eigenvalue weighted by Crippen LogP contribution is -2.46. The van der Waals surface area contributed by atoms with Gasteiger partial charge in [-0.05, 0) is 30.3 Å². The molecule has 1 amide bonds. The standard InChI is InChI=1S/C18H18FN7OS/c19-13-2-4-14(5-3-13)22-16(27)17-24-23-15(28-17)12-25-8-10-26(11-9-25)18-20-6-1-7-21-18/h1-7H,8-12H2,(H,22,27). The van der Waals surface area contributed by atoms with Gasteiger partial charge in [-0.3, -0.25) is 9.69 Å². The first-order chi connectivity index (χ1) is 13.7. The second-order valence-electron chi connectivity index (χ2n) is 6.27. The summed E-state index contributed by atoms with van der Waals surface area (Å²) < 4.78 is 12.9. The first-order valence-electron chi connectivity index (χ1n) is 8.81. The fraction of sp³-hybridized carbons (Fsp3) is 0.278. The summed E-state index contributed by atoms with van der Waals surface area (Å²) in [7, 11) is 0. The van der Waals surface area contributed by atoms with Crippen LogP contribution in [-0.4, -0.2) is 57.2 Å². The molecule has 1 aromatic carbocycles. The third kappa shape index (κ3) is 4.46. The Hall–Kier alpha value is -2.98. The Morgan fingerprint density at radius 2 is 1.79 bits per heavy atom. The van der Waals surface area contributed by atoms with Gasteiger partial charge in [-0.25, -0.2) is 14.4 Å². The smallest absolute Gasteiger partial charge is 0.286 e. The number of amides is 1. The molecule has 0 aliphatic carbocycles. The molecule has 28 heavy (non-hydrogen) atoms. The minimum Gasteiger partial charge on any atom is -0.338 e. The molecule has 2 aromatic heterocycles. The minimum absolute atomic E-state index is 0.288. The molecule has 0 saturated carbocycles. The predicted octanol–water partition coefficient (Wildman–Crippen LogP) is 2.04. The van der Waals surface area contributed by atoms with Gasteiger partial charge in [0.25, 0.3) is 5.91 Å². The average Bonchev–Trinajstić information content (AvgIpc) is 3.20. The monoisotopic (exact) mass is 399 g/mol. The van der Waals surface area contributed by atoms with Crippen LogP contribution >= 0.6 is 11.3 Å². The zero-order valence-electron chi connectivity index (χ0n) is 15.0. The van der Waals surface area contributed by atoms with Crippen LogP contribution in [0.2, 0.25) is 0 Å². The molecule has 0 spiro atoms. The molecule has 0 unspecified atom stereocenters. The number of anilines is 2. The molecule has 10 heteroatoms. The normalized spacial score (nSPS) is 14.8. The van der Waals surface area contributed by atoms with Gasteiger partial charge in [0.2, 0.25) is 11.0 Å². The van der Waals surface area contributed by atoms with Crippen molar-refractivity contribution in [1.82, 2.24) is 25.1 Å². The summed E-state index contributed by atoms with van der Waals surface area (Å²) in [4.78, 5) is 25.3. The SMILES string of the molecule is O=C(Nc1ccc(F)cc1)c1nnc(CN2CCN(c3ncccn3)CC2)s1. The van der Waals surface area contributed by atoms with Crippen LogP contribution in [0.5, 0.6) is 0 Å². The van der Waals surface area contributed by atoms with Crippen molar-refractivity contribution in [2.45, 2.75) is 6.54 Å². The molecule has 8 nitrogen and oxygen atoms in total. The first-order valence-corrected chi connectivity index (χ1v) is 9.63. The molecule has 4 rings (SSSR count). The Kier molecular flexibility index (Phi) is 5.49. The van der Waals surface area contributed by atoms with E-state index in [4.69, 9.17) is 0 Å². The highest BCUT2D eigenvalue weighted by atomic mass is 32.1. The number of benzene rings is 1. The van der Waals surface area contributed by atoms with E-state index in [-0.39, 0.29) is 16.7 Å². The highest BCUT2D eigenvalue weighted by Gasteiger charge is 2.21. The second kappa shape index (κ2) is 8.36. The molecule has 0 radical (unpaired) electrons. The van der Waals surface area contributed by atoms with Gasteiger partial charge in [0.05, 0.1) is 6.54 Å². The summed E-state index contributed by atoms with van der Waals surface area (Å²) in [6.07, 6.45) is 3.49. The van der Waals surface area contributed by atoms with E-state index in [1.165, 1.54) is 35.6 Å². The van der Waals surface area contributed by atoms with Gasteiger partial charge in [-0.1, -0.05) is 11.3 Å². The number of hydrogen-bond acceptors (Lipinski definition) is 8. The maximum Gasteiger partial charge on any atom is 0.286 e. The summed E-state index contributed by atoms with van der Waals surface area (Å²) in [6, 6.07) is 7.40. The molecule has 1 N–H and O–H groups in total. The molecular weight excluding hydrogens is 381 g/mol. The highest BCUT2D eigenvalue weighted by Crippen LogP contribution is 2.17.